The second-order valence-corrected chi connectivity index (χ2v) is 7.92. The lowest BCUT2D eigenvalue weighted by Gasteiger charge is -2.37. The molecule has 3 aromatic carbocycles. The Hall–Kier alpha value is -4.00. The van der Waals surface area contributed by atoms with Crippen LogP contribution in [0.5, 0.6) is 23.0 Å². The van der Waals surface area contributed by atoms with Crippen molar-refractivity contribution in [2.45, 2.75) is 6.10 Å². The molecular formula is C26H24N2O5. The molecule has 2 heterocycles. The Balaban J connectivity index is 1.15. The first kappa shape index (κ1) is 20.9. The van der Waals surface area contributed by atoms with E-state index in [2.05, 4.69) is 0 Å². The predicted octanol–water partition coefficient (Wildman–Crippen LogP) is 3.60. The van der Waals surface area contributed by atoms with Gasteiger partial charge in [0.25, 0.3) is 11.8 Å². The van der Waals surface area contributed by atoms with Gasteiger partial charge in [0.1, 0.15) is 18.1 Å². The van der Waals surface area contributed by atoms with Crippen LogP contribution in [0.25, 0.3) is 0 Å². The van der Waals surface area contributed by atoms with Crippen molar-refractivity contribution in [2.24, 2.45) is 0 Å². The summed E-state index contributed by atoms with van der Waals surface area (Å²) in [5.41, 5.74) is 0.593. The summed E-state index contributed by atoms with van der Waals surface area (Å²) in [6.45, 7) is 2.04. The molecule has 0 aliphatic carbocycles. The molecule has 7 nitrogen and oxygen atoms in total. The van der Waals surface area contributed by atoms with Crippen LogP contribution >= 0.6 is 0 Å². The van der Waals surface area contributed by atoms with Gasteiger partial charge >= 0.3 is 0 Å². The first-order valence-electron chi connectivity index (χ1n) is 11.0. The molecule has 33 heavy (non-hydrogen) atoms. The van der Waals surface area contributed by atoms with E-state index in [0.29, 0.717) is 49.0 Å². The molecule has 0 saturated carbocycles. The Morgan fingerprint density at radius 2 is 1.33 bits per heavy atom. The summed E-state index contributed by atoms with van der Waals surface area (Å²) in [7, 11) is 0. The van der Waals surface area contributed by atoms with Gasteiger partial charge < -0.3 is 24.0 Å². The third kappa shape index (κ3) is 4.62. The van der Waals surface area contributed by atoms with Gasteiger partial charge in [0.05, 0.1) is 0 Å². The number of amides is 2. The highest BCUT2D eigenvalue weighted by Gasteiger charge is 2.33. The van der Waals surface area contributed by atoms with Gasteiger partial charge in [-0.15, -0.1) is 0 Å². The van der Waals surface area contributed by atoms with Crippen molar-refractivity contribution in [2.75, 3.05) is 32.8 Å². The number of hydrogen-bond acceptors (Lipinski definition) is 5. The number of piperazine rings is 1. The van der Waals surface area contributed by atoms with E-state index in [1.54, 1.807) is 40.1 Å². The van der Waals surface area contributed by atoms with E-state index in [1.807, 2.05) is 48.5 Å². The van der Waals surface area contributed by atoms with E-state index in [4.69, 9.17) is 14.2 Å². The zero-order valence-electron chi connectivity index (χ0n) is 18.1. The zero-order chi connectivity index (χ0) is 22.6. The average molecular weight is 444 g/mol. The maximum Gasteiger partial charge on any atom is 0.267 e. The maximum atomic E-state index is 12.9. The fraction of sp³-hybridized carbons (Fsp3) is 0.231. The maximum absolute atomic E-state index is 12.9. The molecule has 7 heteroatoms. The summed E-state index contributed by atoms with van der Waals surface area (Å²) in [4.78, 5) is 29.3. The number of rotatable bonds is 4. The Kier molecular flexibility index (Phi) is 5.85. The number of para-hydroxylation sites is 3. The average Bonchev–Trinajstić information content (AvgIpc) is 2.89. The highest BCUT2D eigenvalue weighted by molar-refractivity contribution is 5.94. The predicted molar refractivity (Wildman–Crippen MR) is 122 cm³/mol. The summed E-state index contributed by atoms with van der Waals surface area (Å²) in [5.74, 6) is 2.48. The van der Waals surface area contributed by atoms with Crippen LogP contribution in [0.2, 0.25) is 0 Å². The highest BCUT2D eigenvalue weighted by Crippen LogP contribution is 2.31. The molecule has 0 N–H and O–H groups in total. The Morgan fingerprint density at radius 1 is 0.727 bits per heavy atom. The number of ether oxygens (including phenoxy) is 3. The van der Waals surface area contributed by atoms with Crippen LogP contribution in [0.15, 0.2) is 78.9 Å². The smallest absolute Gasteiger partial charge is 0.267 e. The van der Waals surface area contributed by atoms with Gasteiger partial charge in [-0.2, -0.15) is 0 Å². The first-order valence-corrected chi connectivity index (χ1v) is 11.0. The number of benzene rings is 3. The van der Waals surface area contributed by atoms with Crippen molar-refractivity contribution < 1.29 is 23.8 Å². The minimum atomic E-state index is -0.667. The number of nitrogens with zero attached hydrogens (tertiary/aromatic N) is 2. The van der Waals surface area contributed by atoms with Crippen LogP contribution in [0.4, 0.5) is 0 Å². The number of fused-ring (bicyclic) bond motifs is 1. The molecule has 5 rings (SSSR count). The lowest BCUT2D eigenvalue weighted by molar-refractivity contribution is -0.142. The fourth-order valence-corrected chi connectivity index (χ4v) is 3.95. The van der Waals surface area contributed by atoms with E-state index >= 15 is 0 Å². The van der Waals surface area contributed by atoms with Crippen molar-refractivity contribution in [3.8, 4) is 23.0 Å². The van der Waals surface area contributed by atoms with Crippen LogP contribution in [0.1, 0.15) is 10.4 Å². The Morgan fingerprint density at radius 3 is 2.06 bits per heavy atom. The van der Waals surface area contributed by atoms with Crippen molar-refractivity contribution in [3.63, 3.8) is 0 Å². The van der Waals surface area contributed by atoms with Gasteiger partial charge in [-0.1, -0.05) is 30.3 Å². The number of hydrogen-bond donors (Lipinski definition) is 0. The van der Waals surface area contributed by atoms with E-state index in [-0.39, 0.29) is 18.4 Å². The second-order valence-electron chi connectivity index (χ2n) is 7.92. The second kappa shape index (κ2) is 9.24. The SMILES string of the molecule is O=C(c1ccc(Oc2ccccc2)cc1)N1CCN(C(=O)[C@H]2COc3ccccc3O2)CC1. The van der Waals surface area contributed by atoms with Gasteiger partial charge in [-0.25, -0.2) is 0 Å². The van der Waals surface area contributed by atoms with E-state index in [9.17, 15) is 9.59 Å². The van der Waals surface area contributed by atoms with Crippen molar-refractivity contribution in [3.05, 3.63) is 84.4 Å². The van der Waals surface area contributed by atoms with Gasteiger partial charge in [0, 0.05) is 31.7 Å². The summed E-state index contributed by atoms with van der Waals surface area (Å²) in [6, 6.07) is 23.9. The molecule has 2 aliphatic rings. The lowest BCUT2D eigenvalue weighted by atomic mass is 10.1. The topological polar surface area (TPSA) is 68.3 Å². The number of carbonyl (C=O) groups excluding carboxylic acids is 2. The molecule has 0 spiro atoms. The van der Waals surface area contributed by atoms with Crippen LogP contribution in [0.3, 0.4) is 0 Å². The molecule has 168 valence electrons. The minimum absolute atomic E-state index is 0.0560. The molecule has 1 saturated heterocycles. The van der Waals surface area contributed by atoms with Gasteiger partial charge in [0.15, 0.2) is 11.5 Å². The Labute approximate surface area is 192 Å². The molecule has 0 bridgehead atoms. The summed E-state index contributed by atoms with van der Waals surface area (Å²) in [6.07, 6.45) is -0.667. The van der Waals surface area contributed by atoms with Gasteiger partial charge in [-0.05, 0) is 48.5 Å². The number of carbonyl (C=O) groups is 2. The quantitative estimate of drug-likeness (QED) is 0.615. The van der Waals surface area contributed by atoms with Crippen LogP contribution in [0, 0.1) is 0 Å². The van der Waals surface area contributed by atoms with E-state index in [0.717, 1.165) is 5.75 Å². The minimum Gasteiger partial charge on any atom is -0.485 e. The van der Waals surface area contributed by atoms with Crippen molar-refractivity contribution in [1.82, 2.24) is 9.80 Å². The lowest BCUT2D eigenvalue weighted by Crippen LogP contribution is -2.55. The van der Waals surface area contributed by atoms with Crippen LogP contribution in [-0.2, 0) is 4.79 Å². The van der Waals surface area contributed by atoms with Crippen LogP contribution < -0.4 is 14.2 Å². The summed E-state index contributed by atoms with van der Waals surface area (Å²) in [5, 5.41) is 0. The molecule has 0 aromatic heterocycles. The highest BCUT2D eigenvalue weighted by atomic mass is 16.6. The fourth-order valence-electron chi connectivity index (χ4n) is 3.95. The van der Waals surface area contributed by atoms with Gasteiger partial charge in [0.2, 0.25) is 6.10 Å². The Bertz CT molecular complexity index is 1120. The largest absolute Gasteiger partial charge is 0.485 e. The normalized spacial score (nSPS) is 17.4. The zero-order valence-corrected chi connectivity index (χ0v) is 18.1. The molecule has 2 amide bonds. The molecule has 1 atom stereocenters. The van der Waals surface area contributed by atoms with Crippen molar-refractivity contribution in [1.29, 1.82) is 0 Å². The first-order chi connectivity index (χ1) is 16.2. The van der Waals surface area contributed by atoms with Gasteiger partial charge in [-0.3, -0.25) is 9.59 Å². The third-order valence-electron chi connectivity index (χ3n) is 5.74. The molecule has 3 aromatic rings. The molecule has 2 aliphatic heterocycles. The van der Waals surface area contributed by atoms with E-state index < -0.39 is 6.10 Å². The summed E-state index contributed by atoms with van der Waals surface area (Å²) < 4.78 is 17.3. The van der Waals surface area contributed by atoms with E-state index in [1.165, 1.54) is 0 Å². The van der Waals surface area contributed by atoms with Crippen LogP contribution in [-0.4, -0.2) is 60.5 Å². The monoisotopic (exact) mass is 444 g/mol. The molecule has 1 fully saturated rings. The summed E-state index contributed by atoms with van der Waals surface area (Å²) >= 11 is 0. The molecule has 0 unspecified atom stereocenters. The standard InChI is InChI=1S/C26H24N2O5/c29-25(19-10-12-21(13-11-19)32-20-6-2-1-3-7-20)27-14-16-28(17-15-27)26(30)24-18-31-22-8-4-5-9-23(22)33-24/h1-13,24H,14-18H2/t24-/m1/s1. The molecular weight excluding hydrogens is 420 g/mol. The third-order valence-corrected chi connectivity index (χ3v) is 5.74. The molecule has 0 radical (unpaired) electrons. The van der Waals surface area contributed by atoms with Crippen molar-refractivity contribution >= 4 is 11.8 Å².